The fraction of sp³-hybridized carbons (Fsp3) is 0.429. The van der Waals surface area contributed by atoms with Crippen LogP contribution in [0.5, 0.6) is 5.75 Å². The molecule has 0 saturated heterocycles. The van der Waals surface area contributed by atoms with Crippen molar-refractivity contribution in [2.75, 3.05) is 26.1 Å². The average molecular weight is 280 g/mol. The van der Waals surface area contributed by atoms with E-state index < -0.39 is 12.0 Å². The van der Waals surface area contributed by atoms with Gasteiger partial charge in [0, 0.05) is 25.8 Å². The summed E-state index contributed by atoms with van der Waals surface area (Å²) in [5.41, 5.74) is 0.640. The van der Waals surface area contributed by atoms with Crippen LogP contribution >= 0.6 is 0 Å². The zero-order chi connectivity index (χ0) is 15.3. The Morgan fingerprint density at radius 3 is 2.50 bits per heavy atom. The molecule has 0 heterocycles. The SMILES string of the molecule is CCC(C(=O)O)N(C)C(=O)N(C)c1cccc(OC)c1. The Labute approximate surface area is 118 Å². The fourth-order valence-corrected chi connectivity index (χ4v) is 1.91. The predicted molar refractivity (Wildman–Crippen MR) is 76.3 cm³/mol. The van der Waals surface area contributed by atoms with Gasteiger partial charge in [-0.15, -0.1) is 0 Å². The molecular formula is C14H20N2O4. The summed E-state index contributed by atoms with van der Waals surface area (Å²) in [7, 11) is 4.63. The van der Waals surface area contributed by atoms with Gasteiger partial charge in [-0.05, 0) is 18.6 Å². The Balaban J connectivity index is 2.92. The van der Waals surface area contributed by atoms with Crippen LogP contribution in [0.1, 0.15) is 13.3 Å². The molecule has 0 aliphatic rings. The van der Waals surface area contributed by atoms with Crippen LogP contribution in [-0.2, 0) is 4.79 Å². The number of hydrogen-bond acceptors (Lipinski definition) is 3. The van der Waals surface area contributed by atoms with E-state index in [-0.39, 0.29) is 6.03 Å². The molecule has 0 aromatic heterocycles. The molecule has 20 heavy (non-hydrogen) atoms. The molecule has 110 valence electrons. The Morgan fingerprint density at radius 2 is 2.00 bits per heavy atom. The normalized spacial score (nSPS) is 11.6. The third kappa shape index (κ3) is 3.40. The summed E-state index contributed by atoms with van der Waals surface area (Å²) in [5, 5.41) is 9.09. The van der Waals surface area contributed by atoms with Gasteiger partial charge in [0.1, 0.15) is 11.8 Å². The van der Waals surface area contributed by atoms with E-state index in [2.05, 4.69) is 0 Å². The lowest BCUT2D eigenvalue weighted by Gasteiger charge is -2.29. The second-order valence-corrected chi connectivity index (χ2v) is 4.42. The predicted octanol–water partition coefficient (Wildman–Crippen LogP) is 2.05. The number of hydrogen-bond donors (Lipinski definition) is 1. The molecule has 1 rings (SSSR count). The van der Waals surface area contributed by atoms with Crippen molar-refractivity contribution >= 4 is 17.7 Å². The first-order valence-corrected chi connectivity index (χ1v) is 6.29. The highest BCUT2D eigenvalue weighted by atomic mass is 16.5. The van der Waals surface area contributed by atoms with E-state index in [0.717, 1.165) is 0 Å². The number of amides is 2. The summed E-state index contributed by atoms with van der Waals surface area (Å²) in [6, 6.07) is 5.80. The number of likely N-dealkylation sites (N-methyl/N-ethyl adjacent to an activating group) is 1. The molecule has 6 heteroatoms. The van der Waals surface area contributed by atoms with E-state index in [1.807, 2.05) is 0 Å². The largest absolute Gasteiger partial charge is 0.497 e. The van der Waals surface area contributed by atoms with Crippen LogP contribution < -0.4 is 9.64 Å². The van der Waals surface area contributed by atoms with Gasteiger partial charge in [-0.1, -0.05) is 13.0 Å². The Morgan fingerprint density at radius 1 is 1.35 bits per heavy atom. The molecule has 1 aromatic carbocycles. The summed E-state index contributed by atoms with van der Waals surface area (Å²) in [6.07, 6.45) is 0.351. The average Bonchev–Trinajstić information content (AvgIpc) is 2.45. The summed E-state index contributed by atoms with van der Waals surface area (Å²) >= 11 is 0. The highest BCUT2D eigenvalue weighted by molar-refractivity contribution is 5.94. The minimum atomic E-state index is -1.01. The lowest BCUT2D eigenvalue weighted by Crippen LogP contribution is -2.47. The van der Waals surface area contributed by atoms with Gasteiger partial charge < -0.3 is 14.7 Å². The van der Waals surface area contributed by atoms with Crippen molar-refractivity contribution in [3.05, 3.63) is 24.3 Å². The highest BCUT2D eigenvalue weighted by Crippen LogP contribution is 2.21. The molecule has 0 bridgehead atoms. The maximum atomic E-state index is 12.3. The van der Waals surface area contributed by atoms with Crippen LogP contribution in [0.2, 0.25) is 0 Å². The third-order valence-electron chi connectivity index (χ3n) is 3.17. The van der Waals surface area contributed by atoms with Crippen LogP contribution in [0.3, 0.4) is 0 Å². The number of nitrogens with zero attached hydrogens (tertiary/aromatic N) is 2. The molecule has 0 fully saturated rings. The van der Waals surface area contributed by atoms with Crippen molar-refractivity contribution in [1.82, 2.24) is 4.90 Å². The van der Waals surface area contributed by atoms with E-state index in [9.17, 15) is 9.59 Å². The Bertz CT molecular complexity index is 490. The quantitative estimate of drug-likeness (QED) is 0.896. The molecule has 0 aliphatic heterocycles. The minimum absolute atomic E-state index is 0.351. The second kappa shape index (κ2) is 6.79. The van der Waals surface area contributed by atoms with Gasteiger partial charge in [-0.25, -0.2) is 9.59 Å². The number of rotatable bonds is 5. The lowest BCUT2D eigenvalue weighted by molar-refractivity contribution is -0.141. The van der Waals surface area contributed by atoms with E-state index in [1.54, 1.807) is 45.3 Å². The maximum absolute atomic E-state index is 12.3. The third-order valence-corrected chi connectivity index (χ3v) is 3.17. The molecule has 1 unspecified atom stereocenters. The van der Waals surface area contributed by atoms with Crippen molar-refractivity contribution in [2.24, 2.45) is 0 Å². The van der Waals surface area contributed by atoms with E-state index in [1.165, 1.54) is 16.8 Å². The minimum Gasteiger partial charge on any atom is -0.497 e. The van der Waals surface area contributed by atoms with Gasteiger partial charge in [-0.3, -0.25) is 4.90 Å². The van der Waals surface area contributed by atoms with Crippen LogP contribution in [0.4, 0.5) is 10.5 Å². The monoisotopic (exact) mass is 280 g/mol. The zero-order valence-corrected chi connectivity index (χ0v) is 12.2. The fourth-order valence-electron chi connectivity index (χ4n) is 1.91. The molecule has 0 aliphatic carbocycles. The van der Waals surface area contributed by atoms with Gasteiger partial charge in [0.25, 0.3) is 0 Å². The van der Waals surface area contributed by atoms with Crippen molar-refractivity contribution < 1.29 is 19.4 Å². The zero-order valence-electron chi connectivity index (χ0n) is 12.2. The molecule has 2 amide bonds. The van der Waals surface area contributed by atoms with Crippen LogP contribution in [-0.4, -0.2) is 49.3 Å². The number of carbonyl (C=O) groups excluding carboxylic acids is 1. The topological polar surface area (TPSA) is 70.1 Å². The van der Waals surface area contributed by atoms with Crippen molar-refractivity contribution in [3.63, 3.8) is 0 Å². The Kier molecular flexibility index (Phi) is 5.37. The first-order chi connectivity index (χ1) is 9.42. The summed E-state index contributed by atoms with van der Waals surface area (Å²) in [6.45, 7) is 1.73. The number of methoxy groups -OCH3 is 1. The van der Waals surface area contributed by atoms with Gasteiger partial charge >= 0.3 is 12.0 Å². The van der Waals surface area contributed by atoms with Gasteiger partial charge in [0.05, 0.1) is 7.11 Å². The molecule has 1 aromatic rings. The first kappa shape index (κ1) is 15.8. The molecule has 0 spiro atoms. The van der Waals surface area contributed by atoms with Crippen molar-refractivity contribution in [1.29, 1.82) is 0 Å². The summed E-state index contributed by atoms with van der Waals surface area (Å²) in [4.78, 5) is 26.0. The lowest BCUT2D eigenvalue weighted by atomic mass is 10.2. The van der Waals surface area contributed by atoms with Gasteiger partial charge in [0.2, 0.25) is 0 Å². The molecule has 1 atom stereocenters. The summed E-state index contributed by atoms with van der Waals surface area (Å²) in [5.74, 6) is -0.377. The molecule has 0 radical (unpaired) electrons. The first-order valence-electron chi connectivity index (χ1n) is 6.29. The van der Waals surface area contributed by atoms with Crippen molar-refractivity contribution in [3.8, 4) is 5.75 Å². The molecular weight excluding hydrogens is 260 g/mol. The molecule has 6 nitrogen and oxygen atoms in total. The number of aliphatic carboxylic acids is 1. The number of benzene rings is 1. The van der Waals surface area contributed by atoms with Gasteiger partial charge in [0.15, 0.2) is 0 Å². The van der Waals surface area contributed by atoms with Crippen LogP contribution in [0.25, 0.3) is 0 Å². The Hall–Kier alpha value is -2.24. The van der Waals surface area contributed by atoms with E-state index in [0.29, 0.717) is 17.9 Å². The standard InChI is InChI=1S/C14H20N2O4/c1-5-12(13(17)18)16(3)14(19)15(2)10-7-6-8-11(9-10)20-4/h6-9,12H,5H2,1-4H3,(H,17,18). The number of carbonyl (C=O) groups is 2. The second-order valence-electron chi connectivity index (χ2n) is 4.42. The number of anilines is 1. The van der Waals surface area contributed by atoms with Crippen LogP contribution in [0, 0.1) is 0 Å². The van der Waals surface area contributed by atoms with E-state index >= 15 is 0 Å². The van der Waals surface area contributed by atoms with Gasteiger partial charge in [-0.2, -0.15) is 0 Å². The molecule has 1 N–H and O–H groups in total. The highest BCUT2D eigenvalue weighted by Gasteiger charge is 2.27. The number of urea groups is 1. The number of carboxylic acid groups (broad SMARTS) is 1. The molecule has 0 saturated carbocycles. The van der Waals surface area contributed by atoms with E-state index in [4.69, 9.17) is 9.84 Å². The van der Waals surface area contributed by atoms with Crippen LogP contribution in [0.15, 0.2) is 24.3 Å². The maximum Gasteiger partial charge on any atom is 0.326 e. The smallest absolute Gasteiger partial charge is 0.326 e. The summed E-state index contributed by atoms with van der Waals surface area (Å²) < 4.78 is 5.11. The van der Waals surface area contributed by atoms with Crippen molar-refractivity contribution in [2.45, 2.75) is 19.4 Å². The number of carboxylic acids is 1. The number of ether oxygens (including phenoxy) is 1.